The normalized spacial score (nSPS) is 13.8. The maximum Gasteiger partial charge on any atom is 0.347 e. The number of cyclic esters (lactones) is 2. The highest BCUT2D eigenvalue weighted by Crippen LogP contribution is 2.31. The first kappa shape index (κ1) is 23.6. The monoisotopic (exact) mass is 526 g/mol. The van der Waals surface area contributed by atoms with Crippen LogP contribution in [0.4, 0.5) is 0 Å². The minimum absolute atomic E-state index is 0.0181. The van der Waals surface area contributed by atoms with Crippen molar-refractivity contribution in [3.8, 4) is 11.5 Å². The molecule has 0 bridgehead atoms. The van der Waals surface area contributed by atoms with Crippen LogP contribution < -0.4 is 27.2 Å². The Labute approximate surface area is 213 Å². The van der Waals surface area contributed by atoms with Crippen LogP contribution in [0.25, 0.3) is 21.5 Å². The number of hydrogen-bond acceptors (Lipinski definition) is 12. The topological polar surface area (TPSA) is 181 Å². The van der Waals surface area contributed by atoms with Gasteiger partial charge >= 0.3 is 34.4 Å². The van der Waals surface area contributed by atoms with Gasteiger partial charge in [-0.25, -0.2) is 28.8 Å². The summed E-state index contributed by atoms with van der Waals surface area (Å²) < 4.78 is 18.8. The van der Waals surface area contributed by atoms with E-state index in [1.165, 1.54) is 24.3 Å². The number of rotatable bonds is 2. The summed E-state index contributed by atoms with van der Waals surface area (Å²) in [6.45, 7) is 0. The van der Waals surface area contributed by atoms with E-state index in [1.54, 1.807) is 12.1 Å². The molecular weight excluding hydrogens is 516 g/mol. The fourth-order valence-corrected chi connectivity index (χ4v) is 4.32. The molecule has 7 rings (SSSR count). The molecule has 0 amide bonds. The zero-order valence-electron chi connectivity index (χ0n) is 19.2. The molecule has 1 aliphatic heterocycles. The maximum absolute atomic E-state index is 11.7. The Morgan fingerprint density at radius 1 is 0.487 bits per heavy atom. The van der Waals surface area contributed by atoms with Crippen LogP contribution >= 0.6 is 0 Å². The molecule has 5 aromatic rings. The second-order valence-electron chi connectivity index (χ2n) is 8.51. The molecule has 12 heteroatoms. The fraction of sp³-hybridized carbons (Fsp3) is 0.0370. The quantitative estimate of drug-likeness (QED) is 0.241. The summed E-state index contributed by atoms with van der Waals surface area (Å²) in [6.07, 6.45) is -0.119. The van der Waals surface area contributed by atoms with Crippen LogP contribution in [-0.4, -0.2) is 23.5 Å². The molecule has 12 nitrogen and oxygen atoms in total. The van der Waals surface area contributed by atoms with E-state index in [9.17, 15) is 38.4 Å². The third-order valence-corrected chi connectivity index (χ3v) is 6.17. The Balaban J connectivity index is 0.000000151. The molecule has 0 saturated carbocycles. The van der Waals surface area contributed by atoms with Gasteiger partial charge in [-0.15, -0.1) is 0 Å². The zero-order chi connectivity index (χ0) is 27.6. The Morgan fingerprint density at radius 3 is 1.46 bits per heavy atom. The minimum Gasteiger partial charge on any atom is -0.457 e. The van der Waals surface area contributed by atoms with Crippen LogP contribution in [0.15, 0.2) is 76.5 Å². The van der Waals surface area contributed by atoms with Gasteiger partial charge in [-0.3, -0.25) is 9.59 Å². The highest BCUT2D eigenvalue weighted by molar-refractivity contribution is 6.24. The number of hydrogen-bond donors (Lipinski definition) is 0. The van der Waals surface area contributed by atoms with Gasteiger partial charge in [0.05, 0.1) is 39.1 Å². The molecule has 2 aromatic heterocycles. The van der Waals surface area contributed by atoms with E-state index in [1.807, 2.05) is 0 Å². The lowest BCUT2D eigenvalue weighted by Gasteiger charge is -2.07. The first-order valence-corrected chi connectivity index (χ1v) is 11.1. The van der Waals surface area contributed by atoms with E-state index in [0.717, 1.165) is 12.1 Å². The second-order valence-corrected chi connectivity index (χ2v) is 8.51. The van der Waals surface area contributed by atoms with Crippen molar-refractivity contribution in [1.29, 1.82) is 0 Å². The van der Waals surface area contributed by atoms with Gasteiger partial charge < -0.3 is 18.3 Å². The largest absolute Gasteiger partial charge is 0.457 e. The molecule has 0 unspecified atom stereocenters. The highest BCUT2D eigenvalue weighted by Gasteiger charge is 2.30. The van der Waals surface area contributed by atoms with Gasteiger partial charge in [0, 0.05) is 11.1 Å². The third kappa shape index (κ3) is 3.78. The summed E-state index contributed by atoms with van der Waals surface area (Å²) in [6, 6.07) is 11.3. The summed E-state index contributed by atoms with van der Waals surface area (Å²) in [5.41, 5.74) is -2.24. The van der Waals surface area contributed by atoms with Gasteiger partial charge in [-0.1, -0.05) is 0 Å². The summed E-state index contributed by atoms with van der Waals surface area (Å²) >= 11 is 0. The molecule has 0 spiro atoms. The van der Waals surface area contributed by atoms with E-state index in [4.69, 9.17) is 4.74 Å². The van der Waals surface area contributed by atoms with E-state index in [0.29, 0.717) is 22.6 Å². The molecule has 0 saturated heterocycles. The molecule has 39 heavy (non-hydrogen) atoms. The number of esters is 2. The van der Waals surface area contributed by atoms with Crippen molar-refractivity contribution in [2.45, 2.75) is 6.42 Å². The number of ketones is 2. The maximum atomic E-state index is 11.7. The predicted octanol–water partition coefficient (Wildman–Crippen LogP) is 2.05. The molecule has 0 N–H and O–H groups in total. The highest BCUT2D eigenvalue weighted by atomic mass is 16.6. The predicted molar refractivity (Wildman–Crippen MR) is 129 cm³/mol. The number of benzene rings is 3. The number of carbonyl (C=O) groups excluding carboxylic acids is 4. The molecule has 1 aliphatic carbocycles. The molecule has 190 valence electrons. The van der Waals surface area contributed by atoms with Gasteiger partial charge in [-0.05, 0) is 48.5 Å². The smallest absolute Gasteiger partial charge is 0.347 e. The molecule has 3 heterocycles. The van der Waals surface area contributed by atoms with Crippen molar-refractivity contribution in [3.05, 3.63) is 112 Å². The molecule has 3 aromatic carbocycles. The summed E-state index contributed by atoms with van der Waals surface area (Å²) in [5.74, 6) is -1.14. The van der Waals surface area contributed by atoms with Crippen molar-refractivity contribution >= 4 is 45.0 Å². The van der Waals surface area contributed by atoms with Crippen molar-refractivity contribution in [1.82, 2.24) is 0 Å². The lowest BCUT2D eigenvalue weighted by molar-refractivity contribution is 0.0443. The number of fused-ring (bicyclic) bond motifs is 4. The zero-order valence-corrected chi connectivity index (χ0v) is 19.2. The minimum atomic E-state index is -0.824. The van der Waals surface area contributed by atoms with Crippen LogP contribution in [-0.2, 0) is 4.74 Å². The first-order chi connectivity index (χ1) is 18.6. The Morgan fingerprint density at radius 2 is 0.923 bits per heavy atom. The lowest BCUT2D eigenvalue weighted by atomic mass is 10.1. The van der Waals surface area contributed by atoms with Crippen molar-refractivity contribution in [2.24, 2.45) is 0 Å². The van der Waals surface area contributed by atoms with Crippen LogP contribution in [0.1, 0.15) is 47.9 Å². The molecule has 2 aliphatic rings. The van der Waals surface area contributed by atoms with Crippen LogP contribution in [0, 0.1) is 0 Å². The molecule has 0 fully saturated rings. The van der Waals surface area contributed by atoms with Gasteiger partial charge in [-0.2, -0.15) is 0 Å². The molecule has 0 atom stereocenters. The number of ether oxygens (including phenoxy) is 2. The van der Waals surface area contributed by atoms with Crippen molar-refractivity contribution in [3.63, 3.8) is 0 Å². The summed E-state index contributed by atoms with van der Waals surface area (Å²) in [4.78, 5) is 91.0. The SMILES string of the molecule is O=C1CC(=O)c2cc(Oc3ccc4c(c3)C(=O)OC4=O)ccc21.O=c1oc(=O)c2cc3c(=O)oc(=O)c3cc12. The van der Waals surface area contributed by atoms with Crippen molar-refractivity contribution < 1.29 is 37.5 Å². The average Bonchev–Trinajstić information content (AvgIpc) is 3.55. The van der Waals surface area contributed by atoms with Gasteiger partial charge in [0.2, 0.25) is 0 Å². The van der Waals surface area contributed by atoms with Gasteiger partial charge in [0.1, 0.15) is 11.5 Å². The van der Waals surface area contributed by atoms with Gasteiger partial charge in [0.25, 0.3) is 0 Å². The average molecular weight is 526 g/mol. The standard InChI is InChI=1S/C17H8O6.C10H2O6/c18-14-7-15(19)12-5-8(1-3-10(12)14)22-9-2-4-11-13(6-9)17(21)23-16(11)20;11-7-3-1-4-6(10(14)16-8(4)12)2-5(3)9(13)15-7/h1-6H,7H2;1-2H. The first-order valence-electron chi connectivity index (χ1n) is 11.1. The number of Topliss-reactive ketones (excluding diaryl/α,β-unsaturated/α-hetero) is 2. The Bertz CT molecular complexity index is 1930. The van der Waals surface area contributed by atoms with E-state index >= 15 is 0 Å². The van der Waals surface area contributed by atoms with Crippen LogP contribution in [0.2, 0.25) is 0 Å². The van der Waals surface area contributed by atoms with E-state index < -0.39 is 34.4 Å². The second kappa shape index (κ2) is 8.38. The van der Waals surface area contributed by atoms with Gasteiger partial charge in [0.15, 0.2) is 11.6 Å². The summed E-state index contributed by atoms with van der Waals surface area (Å²) in [5, 5.41) is -0.0726. The molecular formula is C27H10O12. The Hall–Kier alpha value is -5.78. The lowest BCUT2D eigenvalue weighted by Crippen LogP contribution is -1.97. The summed E-state index contributed by atoms with van der Waals surface area (Å²) in [7, 11) is 0. The third-order valence-electron chi connectivity index (χ3n) is 6.17. The molecule has 0 radical (unpaired) electrons. The van der Waals surface area contributed by atoms with E-state index in [2.05, 4.69) is 13.6 Å². The number of furan rings is 2. The Kier molecular flexibility index (Phi) is 5.07. The fourth-order valence-electron chi connectivity index (χ4n) is 4.32. The van der Waals surface area contributed by atoms with Crippen LogP contribution in [0.5, 0.6) is 11.5 Å². The van der Waals surface area contributed by atoms with Crippen LogP contribution in [0.3, 0.4) is 0 Å². The number of carbonyl (C=O) groups is 4. The van der Waals surface area contributed by atoms with Crippen molar-refractivity contribution in [2.75, 3.05) is 0 Å². The van der Waals surface area contributed by atoms with E-state index in [-0.39, 0.29) is 50.7 Å².